The van der Waals surface area contributed by atoms with Gasteiger partial charge >= 0.3 is 76.8 Å². The van der Waals surface area contributed by atoms with E-state index >= 15 is 0 Å². The number of esters is 1. The summed E-state index contributed by atoms with van der Waals surface area (Å²) in [6.45, 7) is 22.8. The molecule has 2 N–H and O–H groups in total. The van der Waals surface area contributed by atoms with Crippen LogP contribution in [0.15, 0.2) is 132 Å². The van der Waals surface area contributed by atoms with E-state index in [4.69, 9.17) is 56.3 Å². The monoisotopic (exact) mass is 1840 g/mol. The molecule has 0 bridgehead atoms. The van der Waals surface area contributed by atoms with Crippen molar-refractivity contribution < 1.29 is 127 Å². The molecule has 0 atom stereocenters. The number of benzene rings is 5. The summed E-state index contributed by atoms with van der Waals surface area (Å²) in [5.74, 6) is 3.53. The fraction of sp³-hybridized carbons (Fsp3) is 0.410. The number of hydrogen-bond acceptors (Lipinski definition) is 21. The Morgan fingerprint density at radius 1 is 0.656 bits per heavy atom. The standard InChI is InChI=1S/C19H19BClF3N3O.C13H14BN2O3.C13H18BN2O.C12H20B2NO3.C11H10O2.C7H6BrNO2.C5HCl2F3N2.3CH4.K.H/c1-12-8-13(9-17-25-10-16(18(21)26-17)19(22,23)24)2-3-15(12)14-4-6-27(7-5-14)20-11-28;1-10-8-12(16(18)19)2-3-13(10)11-4-6-15(7-5-11)14-9-17;1-10-8-12(15)2-3-13(10)11-4-6-16(7-5-11)14-9-17;1-11(2)12(3,4)18-14(17-11)10-5-7-15(8-6-10)13-9-16;1-3-9-6-4-5-7-10(9)8-11(12)13-2;1-5-4-6(9(10)11)2-3-7(5)8;6-3-2(5(8,9)10)1-11-4(7)12-3;;;;;/h2-3,8,10-11,14H,4-7,9H2,1H3;2-4,8-9H,5-7H2,1H3;2-3,8-9,11H,4-7,15H2,1H3;5,9H,6-8H2,1-4H3;1,4-7H,8H2,2H3;2-4H,1H3;1H;3*1H4;;/q;;;;;;;;;;+1;-1. The second-order valence-electron chi connectivity index (χ2n) is 28.7. The van der Waals surface area contributed by atoms with Gasteiger partial charge in [-0.15, -0.1) is 6.42 Å². The Bertz CT molecular complexity index is 4740. The number of hydrogen-bond donors (Lipinski definition) is 1. The number of anilines is 1. The number of piperidine rings is 2. The average Bonchev–Trinajstić information content (AvgIpc) is 1.61. The molecule has 0 saturated carbocycles. The Balaban J connectivity index is 0.000000728. The van der Waals surface area contributed by atoms with Crippen molar-refractivity contribution in [2.45, 2.75) is 164 Å². The number of nitrogens with two attached hydrogens (primary N) is 1. The number of carbonyl (C=O) groups excluding carboxylic acids is 5. The van der Waals surface area contributed by atoms with E-state index in [2.05, 4.69) is 110 Å². The first-order valence-corrected chi connectivity index (χ1v) is 39.1. The molecule has 23 nitrogen and oxygen atoms in total. The molecule has 4 radical (unpaired) electrons. The van der Waals surface area contributed by atoms with Gasteiger partial charge in [0, 0.05) is 71.9 Å². The number of nitrogen functional groups attached to an aromatic ring is 1. The number of aromatic nitrogens is 4. The van der Waals surface area contributed by atoms with Gasteiger partial charge in [0.25, 0.3) is 41.0 Å². The molecule has 0 unspecified atom stereocenters. The number of aryl methyl sites for hydroxylation is 4. The smallest absolute Gasteiger partial charge is 1.00 e. The van der Waals surface area contributed by atoms with Crippen molar-refractivity contribution in [2.24, 2.45) is 0 Å². The van der Waals surface area contributed by atoms with Crippen LogP contribution >= 0.6 is 50.7 Å². The van der Waals surface area contributed by atoms with Gasteiger partial charge in [0.15, 0.2) is 0 Å². The Kier molecular flexibility index (Phi) is 48.3. The summed E-state index contributed by atoms with van der Waals surface area (Å²) in [4.78, 5) is 94.9. The zero-order valence-corrected chi connectivity index (χ0v) is 74.5. The summed E-state index contributed by atoms with van der Waals surface area (Å²) >= 11 is 19.3. The summed E-state index contributed by atoms with van der Waals surface area (Å²) in [6.07, 6.45) is 11.3. The Morgan fingerprint density at radius 2 is 1.12 bits per heavy atom. The van der Waals surface area contributed by atoms with Gasteiger partial charge in [0.1, 0.15) is 27.3 Å². The van der Waals surface area contributed by atoms with E-state index in [9.17, 15) is 70.5 Å². The van der Waals surface area contributed by atoms with E-state index in [1.807, 2.05) is 77.7 Å². The van der Waals surface area contributed by atoms with Crippen molar-refractivity contribution in [3.63, 3.8) is 0 Å². The summed E-state index contributed by atoms with van der Waals surface area (Å²) in [5.41, 5.74) is 16.9. The fourth-order valence-electron chi connectivity index (χ4n) is 12.9. The SMILES string of the molecule is C.C.C.C#Cc1ccccc1CC(=O)OC.CC1(C)OB(C2=CCN([B]C=O)CC2)OC1(C)C.Cc1cc(Cc2ncc(C(F)(F)F)c(Cl)n2)ccc1C1CCN([B]C=O)CC1.Cc1cc(N)ccc1C1CCN([B]C=O)CC1.Cc1cc([N+](=O)[O-])ccc1Br.Cc1cc([N+](=O)[O-])ccc1C1=CCN([B]C=O)CC1.FC(F)(F)c1cnc(Cl)nc1Cl.[H-].[K+]. The second kappa shape index (κ2) is 53.2. The molecule has 7 aromatic rings. The number of terminal acetylenes is 1. The molecule has 39 heteroatoms. The minimum absolute atomic E-state index is 0. The van der Waals surface area contributed by atoms with E-state index < -0.39 is 38.7 Å². The number of alkyl halides is 6. The van der Waals surface area contributed by atoms with Crippen LogP contribution in [0.25, 0.3) is 5.57 Å². The summed E-state index contributed by atoms with van der Waals surface area (Å²) in [7, 11) is 7.47. The summed E-state index contributed by atoms with van der Waals surface area (Å²) in [6, 6.07) is 29.1. The van der Waals surface area contributed by atoms with Crippen molar-refractivity contribution >= 4 is 141 Å². The molecular weight excluding hydrogens is 1740 g/mol. The predicted octanol–water partition coefficient (Wildman–Crippen LogP) is 14.3. The number of rotatable bonds is 18. The zero-order chi connectivity index (χ0) is 87.2. The van der Waals surface area contributed by atoms with Crippen LogP contribution < -0.4 is 57.1 Å². The first-order chi connectivity index (χ1) is 55.7. The molecule has 3 saturated heterocycles. The van der Waals surface area contributed by atoms with E-state index in [1.165, 1.54) is 60.5 Å². The fourth-order valence-corrected chi connectivity index (χ4v) is 13.8. The van der Waals surface area contributed by atoms with Gasteiger partial charge in [-0.25, -0.2) is 19.9 Å². The Labute approximate surface area is 782 Å². The molecule has 3 fully saturated rings. The van der Waals surface area contributed by atoms with Crippen LogP contribution in [0.4, 0.5) is 43.4 Å². The van der Waals surface area contributed by atoms with Crippen LogP contribution in [0.3, 0.4) is 0 Å². The third kappa shape index (κ3) is 34.9. The maximum atomic E-state index is 12.8. The molecule has 5 aliphatic rings. The van der Waals surface area contributed by atoms with Gasteiger partial charge in [0.2, 0.25) is 5.28 Å². The van der Waals surface area contributed by atoms with E-state index in [0.29, 0.717) is 31.0 Å². The molecule has 0 spiro atoms. The molecular formula is C83H101B5BrCl3F6KN11O12. The number of carbonyl (C=O) groups is 5. The number of halogens is 10. The maximum Gasteiger partial charge on any atom is 1.00 e. The molecule has 122 heavy (non-hydrogen) atoms. The number of ether oxygens (including phenoxy) is 1. The minimum Gasteiger partial charge on any atom is -1.00 e. The van der Waals surface area contributed by atoms with Gasteiger partial charge in [-0.1, -0.05) is 122 Å². The third-order valence-electron chi connectivity index (χ3n) is 20.1. The van der Waals surface area contributed by atoms with E-state index in [-0.39, 0.29) is 133 Å². The number of nitro benzene ring substituents is 2. The normalized spacial score (nSPS) is 15.6. The number of methoxy groups -OCH3 is 1. The van der Waals surface area contributed by atoms with Gasteiger partial charge in [0.05, 0.1) is 59.3 Å². The summed E-state index contributed by atoms with van der Waals surface area (Å²) < 4.78 is 91.7. The quantitative estimate of drug-likeness (QED) is 0.00798. The summed E-state index contributed by atoms with van der Waals surface area (Å²) in [5, 5.41) is 19.4. The predicted molar refractivity (Wildman–Crippen MR) is 475 cm³/mol. The van der Waals surface area contributed by atoms with Crippen LogP contribution in [0.5, 0.6) is 0 Å². The average molecular weight is 1840 g/mol. The molecule has 646 valence electrons. The third-order valence-corrected chi connectivity index (χ3v) is 21.7. The second-order valence-corrected chi connectivity index (χ2v) is 30.6. The van der Waals surface area contributed by atoms with Crippen LogP contribution in [0.2, 0.25) is 15.6 Å². The molecule has 5 aliphatic heterocycles. The van der Waals surface area contributed by atoms with E-state index in [1.54, 1.807) is 46.5 Å². The number of non-ortho nitro benzene ring substituents is 2. The number of nitro groups is 2. The number of nitrogens with zero attached hydrogens (tertiary/aromatic N) is 10. The van der Waals surface area contributed by atoms with Gasteiger partial charge in [-0.2, -0.15) is 26.3 Å². The molecule has 2 aromatic heterocycles. The molecule has 12 rings (SSSR count). The van der Waals surface area contributed by atoms with Gasteiger partial charge < -0.3 is 59.6 Å². The van der Waals surface area contributed by atoms with Gasteiger partial charge in [-0.3, -0.25) is 25.0 Å². The van der Waals surface area contributed by atoms with Crippen molar-refractivity contribution in [1.82, 2.24) is 39.2 Å². The van der Waals surface area contributed by atoms with E-state index in [0.717, 1.165) is 164 Å². The van der Waals surface area contributed by atoms with Crippen molar-refractivity contribution in [3.8, 4) is 12.3 Å². The molecule has 7 heterocycles. The van der Waals surface area contributed by atoms with Crippen molar-refractivity contribution in [2.75, 3.05) is 65.2 Å². The zero-order valence-electron chi connectivity index (χ0n) is 68.5. The van der Waals surface area contributed by atoms with Crippen LogP contribution in [-0.2, 0) is 63.2 Å². The van der Waals surface area contributed by atoms with Crippen LogP contribution in [0.1, 0.15) is 174 Å². The Hall–Kier alpha value is -7.30. The minimum atomic E-state index is -4.56. The van der Waals surface area contributed by atoms with Crippen molar-refractivity contribution in [3.05, 3.63) is 240 Å². The largest absolute Gasteiger partial charge is 1.00 e. The molecule has 0 amide bonds. The maximum absolute atomic E-state index is 12.8. The topological polar surface area (TPSA) is 290 Å². The van der Waals surface area contributed by atoms with Crippen LogP contribution in [-0.4, -0.2) is 187 Å². The van der Waals surface area contributed by atoms with Gasteiger partial charge in [-0.05, 0) is 248 Å². The Morgan fingerprint density at radius 3 is 1.55 bits per heavy atom. The van der Waals surface area contributed by atoms with Crippen LogP contribution in [0, 0.1) is 60.3 Å². The first kappa shape index (κ1) is 111. The van der Waals surface area contributed by atoms with Crippen molar-refractivity contribution in [1.29, 1.82) is 0 Å². The molecule has 5 aromatic carbocycles. The molecule has 0 aliphatic carbocycles. The first-order valence-electron chi connectivity index (χ1n) is 37.2.